The zero-order chi connectivity index (χ0) is 13.2. The molecule has 0 aliphatic carbocycles. The van der Waals surface area contributed by atoms with Crippen LogP contribution in [0.2, 0.25) is 0 Å². The first kappa shape index (κ1) is 13.6. The molecule has 0 fully saturated rings. The third-order valence-electron chi connectivity index (χ3n) is 1.79. The van der Waals surface area contributed by atoms with Gasteiger partial charge in [-0.15, -0.1) is 0 Å². The largest absolute Gasteiger partial charge is 0.369 e. The topological polar surface area (TPSA) is 85.7 Å². The SMILES string of the molecule is CN(C)C=Nc1cn[nH]c1.O=CNC1=CCN=C1. The lowest BCUT2D eigenvalue weighted by atomic mass is 10.5. The second-order valence-corrected chi connectivity index (χ2v) is 3.58. The van der Waals surface area contributed by atoms with E-state index in [0.717, 1.165) is 11.4 Å². The number of aromatic amines is 1. The van der Waals surface area contributed by atoms with Crippen LogP contribution in [-0.2, 0) is 4.79 Å². The van der Waals surface area contributed by atoms with Crippen LogP contribution in [0.4, 0.5) is 5.69 Å². The van der Waals surface area contributed by atoms with Gasteiger partial charge in [0.2, 0.25) is 6.41 Å². The van der Waals surface area contributed by atoms with Gasteiger partial charge in [0, 0.05) is 26.5 Å². The Labute approximate surface area is 105 Å². The maximum Gasteiger partial charge on any atom is 0.211 e. The number of amides is 1. The van der Waals surface area contributed by atoms with E-state index in [1.165, 1.54) is 0 Å². The zero-order valence-electron chi connectivity index (χ0n) is 10.4. The Morgan fingerprint density at radius 1 is 1.56 bits per heavy atom. The summed E-state index contributed by atoms with van der Waals surface area (Å²) in [7, 11) is 3.84. The molecule has 0 spiro atoms. The molecule has 7 nitrogen and oxygen atoms in total. The molecule has 1 amide bonds. The van der Waals surface area contributed by atoms with Gasteiger partial charge in [-0.3, -0.25) is 14.9 Å². The average molecular weight is 248 g/mol. The van der Waals surface area contributed by atoms with E-state index < -0.39 is 0 Å². The number of H-pyrrole nitrogens is 1. The first-order valence-electron chi connectivity index (χ1n) is 5.32. The van der Waals surface area contributed by atoms with Crippen LogP contribution in [0, 0.1) is 0 Å². The van der Waals surface area contributed by atoms with Crippen LogP contribution in [0.15, 0.2) is 34.2 Å². The summed E-state index contributed by atoms with van der Waals surface area (Å²) in [6.07, 6.45) is 9.25. The minimum atomic E-state index is 0.642. The van der Waals surface area contributed by atoms with Gasteiger partial charge in [-0.2, -0.15) is 5.10 Å². The third-order valence-corrected chi connectivity index (χ3v) is 1.79. The van der Waals surface area contributed by atoms with Crippen molar-refractivity contribution < 1.29 is 4.79 Å². The molecule has 18 heavy (non-hydrogen) atoms. The summed E-state index contributed by atoms with van der Waals surface area (Å²) in [5.41, 5.74) is 1.63. The number of nitrogens with one attached hydrogen (secondary N) is 2. The summed E-state index contributed by atoms with van der Waals surface area (Å²) in [4.78, 5) is 19.5. The van der Waals surface area contributed by atoms with E-state index in [-0.39, 0.29) is 0 Å². The van der Waals surface area contributed by atoms with Gasteiger partial charge in [-0.1, -0.05) is 0 Å². The molecular formula is C11H16N6O. The van der Waals surface area contributed by atoms with Crippen LogP contribution in [0.3, 0.4) is 0 Å². The summed E-state index contributed by atoms with van der Waals surface area (Å²) < 4.78 is 0. The van der Waals surface area contributed by atoms with E-state index in [0.29, 0.717) is 13.0 Å². The Morgan fingerprint density at radius 3 is 2.89 bits per heavy atom. The fourth-order valence-corrected chi connectivity index (χ4v) is 1.02. The summed E-state index contributed by atoms with van der Waals surface area (Å²) in [5, 5.41) is 8.89. The fourth-order valence-electron chi connectivity index (χ4n) is 1.02. The molecule has 1 aliphatic heterocycles. The van der Waals surface area contributed by atoms with Crippen molar-refractivity contribution in [3.8, 4) is 0 Å². The van der Waals surface area contributed by atoms with Gasteiger partial charge in [0.05, 0.1) is 24.8 Å². The highest BCUT2D eigenvalue weighted by Gasteiger charge is 1.93. The monoisotopic (exact) mass is 248 g/mol. The van der Waals surface area contributed by atoms with Crippen molar-refractivity contribution in [2.45, 2.75) is 0 Å². The number of allylic oxidation sites excluding steroid dienone is 1. The highest BCUT2D eigenvalue weighted by molar-refractivity contribution is 5.83. The molecular weight excluding hydrogens is 232 g/mol. The highest BCUT2D eigenvalue weighted by atomic mass is 16.1. The first-order chi connectivity index (χ1) is 8.72. The molecule has 7 heteroatoms. The van der Waals surface area contributed by atoms with E-state index >= 15 is 0 Å². The Bertz CT molecular complexity index is 432. The molecule has 0 radical (unpaired) electrons. The molecule has 0 aromatic carbocycles. The van der Waals surface area contributed by atoms with Gasteiger partial charge < -0.3 is 10.2 Å². The number of aromatic nitrogens is 2. The Balaban J connectivity index is 0.000000184. The standard InChI is InChI=1S/C6H10N4.C5H6N2O/c1-10(2)5-7-6-3-8-9-4-6;8-4-7-5-1-2-6-3-5/h3-5H,1-2H3,(H,8,9);1,3-4H,2H2,(H,7,8). The summed E-state index contributed by atoms with van der Waals surface area (Å²) in [6, 6.07) is 0. The fraction of sp³-hybridized carbons (Fsp3) is 0.273. The van der Waals surface area contributed by atoms with Gasteiger partial charge in [0.15, 0.2) is 0 Å². The van der Waals surface area contributed by atoms with Crippen LogP contribution in [0.5, 0.6) is 0 Å². The first-order valence-corrected chi connectivity index (χ1v) is 5.32. The number of aliphatic imine (C=N–C) groups is 2. The summed E-state index contributed by atoms with van der Waals surface area (Å²) >= 11 is 0. The van der Waals surface area contributed by atoms with Crippen molar-refractivity contribution in [2.75, 3.05) is 20.6 Å². The molecule has 0 atom stereocenters. The summed E-state index contributed by atoms with van der Waals surface area (Å²) in [6.45, 7) is 0.691. The molecule has 1 aliphatic rings. The normalized spacial score (nSPS) is 12.9. The van der Waals surface area contributed by atoms with E-state index in [1.54, 1.807) is 24.9 Å². The third kappa shape index (κ3) is 5.59. The van der Waals surface area contributed by atoms with Gasteiger partial charge >= 0.3 is 0 Å². The van der Waals surface area contributed by atoms with Gasteiger partial charge in [-0.25, -0.2) is 4.99 Å². The van der Waals surface area contributed by atoms with Crippen molar-refractivity contribution in [3.05, 3.63) is 24.2 Å². The Hall–Kier alpha value is -2.44. The lowest BCUT2D eigenvalue weighted by Gasteiger charge is -1.99. The van der Waals surface area contributed by atoms with Crippen molar-refractivity contribution >= 4 is 24.7 Å². The van der Waals surface area contributed by atoms with E-state index in [9.17, 15) is 4.79 Å². The predicted octanol–water partition coefficient (Wildman–Crippen LogP) is 0.332. The minimum Gasteiger partial charge on any atom is -0.369 e. The highest BCUT2D eigenvalue weighted by Crippen LogP contribution is 2.04. The second kappa shape index (κ2) is 7.77. The van der Waals surface area contributed by atoms with Crippen LogP contribution in [0.1, 0.15) is 0 Å². The lowest BCUT2D eigenvalue weighted by molar-refractivity contribution is -0.108. The summed E-state index contributed by atoms with van der Waals surface area (Å²) in [5.74, 6) is 0. The molecule has 0 saturated carbocycles. The molecule has 0 saturated heterocycles. The molecule has 96 valence electrons. The zero-order valence-corrected chi connectivity index (χ0v) is 10.4. The maximum absolute atomic E-state index is 9.75. The number of carbonyl (C=O) groups is 1. The number of rotatable bonds is 4. The number of hydrogen-bond acceptors (Lipinski definition) is 4. The number of nitrogens with zero attached hydrogens (tertiary/aromatic N) is 4. The molecule has 2 N–H and O–H groups in total. The molecule has 0 unspecified atom stereocenters. The Kier molecular flexibility index (Phi) is 5.88. The minimum absolute atomic E-state index is 0.642. The van der Waals surface area contributed by atoms with Gasteiger partial charge in [-0.05, 0) is 6.08 Å². The molecule has 2 heterocycles. The molecule has 1 aromatic heterocycles. The molecule has 0 bridgehead atoms. The smallest absolute Gasteiger partial charge is 0.211 e. The van der Waals surface area contributed by atoms with Crippen molar-refractivity contribution in [1.82, 2.24) is 20.4 Å². The quantitative estimate of drug-likeness (QED) is 0.457. The maximum atomic E-state index is 9.75. The number of carbonyl (C=O) groups excluding carboxylic acids is 1. The van der Waals surface area contributed by atoms with Crippen LogP contribution in [-0.4, -0.2) is 54.7 Å². The average Bonchev–Trinajstić information content (AvgIpc) is 3.00. The van der Waals surface area contributed by atoms with E-state index in [1.807, 2.05) is 25.1 Å². The second-order valence-electron chi connectivity index (χ2n) is 3.58. The van der Waals surface area contributed by atoms with Crippen molar-refractivity contribution in [1.29, 1.82) is 0 Å². The van der Waals surface area contributed by atoms with E-state index in [2.05, 4.69) is 25.5 Å². The van der Waals surface area contributed by atoms with Crippen molar-refractivity contribution in [2.24, 2.45) is 9.98 Å². The molecule has 1 aromatic rings. The van der Waals surface area contributed by atoms with Gasteiger partial charge in [0.1, 0.15) is 5.69 Å². The number of hydrogen-bond donors (Lipinski definition) is 2. The molecule has 2 rings (SSSR count). The van der Waals surface area contributed by atoms with Crippen LogP contribution >= 0.6 is 0 Å². The lowest BCUT2D eigenvalue weighted by Crippen LogP contribution is -2.08. The van der Waals surface area contributed by atoms with Crippen LogP contribution in [0.25, 0.3) is 0 Å². The van der Waals surface area contributed by atoms with Crippen molar-refractivity contribution in [3.63, 3.8) is 0 Å². The Morgan fingerprint density at radius 2 is 2.39 bits per heavy atom. The van der Waals surface area contributed by atoms with Gasteiger partial charge in [0.25, 0.3) is 0 Å². The van der Waals surface area contributed by atoms with E-state index in [4.69, 9.17) is 0 Å². The van der Waals surface area contributed by atoms with Crippen LogP contribution < -0.4 is 5.32 Å². The predicted molar refractivity (Wildman–Crippen MR) is 71.1 cm³/mol.